The molecule has 194 valence electrons. The standard InChI is InChI=1S/C31H65N/c1-6-9-12-15-16-17-18-19-20-21-22-25-28-31(4,5)32(29-26-23-13-10-7-2)30-27-24-14-11-8-3/h6-30H2,1-5H3. The van der Waals surface area contributed by atoms with Gasteiger partial charge in [0.05, 0.1) is 0 Å². The van der Waals surface area contributed by atoms with Gasteiger partial charge >= 0.3 is 0 Å². The maximum absolute atomic E-state index is 2.86. The van der Waals surface area contributed by atoms with Gasteiger partial charge < -0.3 is 0 Å². The van der Waals surface area contributed by atoms with E-state index in [9.17, 15) is 0 Å². The van der Waals surface area contributed by atoms with Crippen molar-refractivity contribution < 1.29 is 0 Å². The fourth-order valence-electron chi connectivity index (χ4n) is 5.09. The molecule has 0 amide bonds. The molecular formula is C31H65N. The van der Waals surface area contributed by atoms with Crippen LogP contribution < -0.4 is 0 Å². The summed E-state index contributed by atoms with van der Waals surface area (Å²) in [5, 5.41) is 0. The topological polar surface area (TPSA) is 3.24 Å². The normalized spacial score (nSPS) is 12.2. The molecule has 0 aliphatic rings. The third-order valence-corrected chi connectivity index (χ3v) is 7.56. The molecule has 0 atom stereocenters. The smallest absolute Gasteiger partial charge is 0.0153 e. The van der Waals surface area contributed by atoms with Gasteiger partial charge in [-0.15, -0.1) is 0 Å². The first-order valence-corrected chi connectivity index (χ1v) is 15.3. The van der Waals surface area contributed by atoms with Gasteiger partial charge in [-0.2, -0.15) is 0 Å². The van der Waals surface area contributed by atoms with Crippen LogP contribution >= 0.6 is 0 Å². The van der Waals surface area contributed by atoms with Crippen molar-refractivity contribution in [2.45, 2.75) is 188 Å². The summed E-state index contributed by atoms with van der Waals surface area (Å²) in [6.45, 7) is 14.7. The highest BCUT2D eigenvalue weighted by Gasteiger charge is 2.25. The molecule has 0 saturated carbocycles. The quantitative estimate of drug-likeness (QED) is 0.118. The lowest BCUT2D eigenvalue weighted by Gasteiger charge is -2.39. The van der Waals surface area contributed by atoms with Crippen molar-refractivity contribution in [3.63, 3.8) is 0 Å². The maximum Gasteiger partial charge on any atom is 0.0153 e. The lowest BCUT2D eigenvalue weighted by Crippen LogP contribution is -2.45. The van der Waals surface area contributed by atoms with E-state index in [2.05, 4.69) is 39.5 Å². The largest absolute Gasteiger partial charge is 0.298 e. The zero-order chi connectivity index (χ0) is 23.8. The third kappa shape index (κ3) is 20.6. The van der Waals surface area contributed by atoms with Gasteiger partial charge in [-0.25, -0.2) is 0 Å². The van der Waals surface area contributed by atoms with Crippen molar-refractivity contribution in [3.05, 3.63) is 0 Å². The van der Waals surface area contributed by atoms with Crippen molar-refractivity contribution in [2.24, 2.45) is 0 Å². The molecular weight excluding hydrogens is 386 g/mol. The van der Waals surface area contributed by atoms with Crippen LogP contribution in [-0.4, -0.2) is 23.5 Å². The Morgan fingerprint density at radius 1 is 0.375 bits per heavy atom. The minimum Gasteiger partial charge on any atom is -0.298 e. The Bertz CT molecular complexity index is 334. The predicted octanol–water partition coefficient (Wildman–Crippen LogP) is 11.1. The zero-order valence-electron chi connectivity index (χ0n) is 23.6. The second-order valence-electron chi connectivity index (χ2n) is 11.3. The molecule has 0 saturated heterocycles. The Hall–Kier alpha value is -0.0400. The van der Waals surface area contributed by atoms with E-state index in [4.69, 9.17) is 0 Å². The molecule has 0 rings (SSSR count). The summed E-state index contributed by atoms with van der Waals surface area (Å²) in [5.41, 5.74) is 0.383. The van der Waals surface area contributed by atoms with E-state index >= 15 is 0 Å². The van der Waals surface area contributed by atoms with Crippen LogP contribution in [0, 0.1) is 0 Å². The number of rotatable bonds is 26. The molecule has 1 heteroatoms. The molecule has 0 heterocycles. The molecule has 0 bridgehead atoms. The van der Waals surface area contributed by atoms with Gasteiger partial charge in [0.1, 0.15) is 0 Å². The summed E-state index contributed by atoms with van der Waals surface area (Å²) in [7, 11) is 0. The number of hydrogen-bond donors (Lipinski definition) is 0. The molecule has 0 aromatic rings. The molecule has 0 unspecified atom stereocenters. The summed E-state index contributed by atoms with van der Waals surface area (Å²) in [6.07, 6.45) is 32.8. The molecule has 0 spiro atoms. The van der Waals surface area contributed by atoms with Crippen molar-refractivity contribution >= 4 is 0 Å². The summed E-state index contributed by atoms with van der Waals surface area (Å²) in [6, 6.07) is 0. The third-order valence-electron chi connectivity index (χ3n) is 7.56. The van der Waals surface area contributed by atoms with Gasteiger partial charge in [-0.3, -0.25) is 4.90 Å². The Morgan fingerprint density at radius 2 is 0.656 bits per heavy atom. The average Bonchev–Trinajstić information content (AvgIpc) is 2.78. The van der Waals surface area contributed by atoms with E-state index in [1.807, 2.05) is 0 Å². The lowest BCUT2D eigenvalue weighted by molar-refractivity contribution is 0.102. The second-order valence-corrected chi connectivity index (χ2v) is 11.3. The van der Waals surface area contributed by atoms with Crippen molar-refractivity contribution in [3.8, 4) is 0 Å². The minimum absolute atomic E-state index is 0.383. The monoisotopic (exact) mass is 452 g/mol. The molecule has 0 aromatic heterocycles. The van der Waals surface area contributed by atoms with Crippen LogP contribution in [0.1, 0.15) is 182 Å². The summed E-state index contributed by atoms with van der Waals surface area (Å²) >= 11 is 0. The summed E-state index contributed by atoms with van der Waals surface area (Å²) in [4.78, 5) is 2.86. The average molecular weight is 452 g/mol. The van der Waals surface area contributed by atoms with Crippen LogP contribution in [0.25, 0.3) is 0 Å². The highest BCUT2D eigenvalue weighted by molar-refractivity contribution is 4.81. The van der Waals surface area contributed by atoms with Crippen LogP contribution in [0.2, 0.25) is 0 Å². The Morgan fingerprint density at radius 3 is 1.00 bits per heavy atom. The van der Waals surface area contributed by atoms with Gasteiger partial charge in [0.2, 0.25) is 0 Å². The van der Waals surface area contributed by atoms with Crippen LogP contribution in [-0.2, 0) is 0 Å². The Kier molecular flexibility index (Phi) is 24.1. The highest BCUT2D eigenvalue weighted by Crippen LogP contribution is 2.24. The van der Waals surface area contributed by atoms with Crippen molar-refractivity contribution in [2.75, 3.05) is 13.1 Å². The van der Waals surface area contributed by atoms with E-state index in [-0.39, 0.29) is 0 Å². The Labute approximate surface area is 205 Å². The molecule has 0 aromatic carbocycles. The zero-order valence-corrected chi connectivity index (χ0v) is 23.6. The van der Waals surface area contributed by atoms with E-state index in [0.29, 0.717) is 5.54 Å². The fraction of sp³-hybridized carbons (Fsp3) is 1.00. The highest BCUT2D eigenvalue weighted by atomic mass is 15.2. The van der Waals surface area contributed by atoms with Crippen LogP contribution in [0.15, 0.2) is 0 Å². The van der Waals surface area contributed by atoms with Gasteiger partial charge in [0.15, 0.2) is 0 Å². The van der Waals surface area contributed by atoms with Gasteiger partial charge in [0.25, 0.3) is 0 Å². The molecule has 0 aliphatic carbocycles. The molecule has 0 N–H and O–H groups in total. The first-order chi connectivity index (χ1) is 15.6. The van der Waals surface area contributed by atoms with Gasteiger partial charge in [0, 0.05) is 5.54 Å². The summed E-state index contributed by atoms with van der Waals surface area (Å²) in [5.74, 6) is 0. The number of unbranched alkanes of at least 4 members (excludes halogenated alkanes) is 19. The number of hydrogen-bond acceptors (Lipinski definition) is 1. The van der Waals surface area contributed by atoms with Crippen LogP contribution in [0.5, 0.6) is 0 Å². The van der Waals surface area contributed by atoms with E-state index < -0.39 is 0 Å². The van der Waals surface area contributed by atoms with Crippen molar-refractivity contribution in [1.82, 2.24) is 4.90 Å². The van der Waals surface area contributed by atoms with E-state index in [1.54, 1.807) is 0 Å². The second kappa shape index (κ2) is 24.1. The molecule has 0 fully saturated rings. The van der Waals surface area contributed by atoms with E-state index in [0.717, 1.165) is 0 Å². The van der Waals surface area contributed by atoms with Crippen LogP contribution in [0.4, 0.5) is 0 Å². The first kappa shape index (κ1) is 32.0. The van der Waals surface area contributed by atoms with Crippen LogP contribution in [0.3, 0.4) is 0 Å². The Balaban J connectivity index is 4.01. The SMILES string of the molecule is CCCCCCCCCCCCCCC(C)(C)N(CCCCCCC)CCCCCCC. The maximum atomic E-state index is 2.86. The number of nitrogens with zero attached hydrogens (tertiary/aromatic N) is 1. The summed E-state index contributed by atoms with van der Waals surface area (Å²) < 4.78 is 0. The predicted molar refractivity (Wildman–Crippen MR) is 149 cm³/mol. The first-order valence-electron chi connectivity index (χ1n) is 15.3. The molecule has 0 aliphatic heterocycles. The molecule has 1 nitrogen and oxygen atoms in total. The minimum atomic E-state index is 0.383. The molecule has 0 radical (unpaired) electrons. The molecule has 32 heavy (non-hydrogen) atoms. The van der Waals surface area contributed by atoms with E-state index in [1.165, 1.54) is 161 Å². The van der Waals surface area contributed by atoms with Gasteiger partial charge in [-0.1, -0.05) is 149 Å². The fourth-order valence-corrected chi connectivity index (χ4v) is 5.09. The van der Waals surface area contributed by atoms with Gasteiger partial charge in [-0.05, 0) is 46.2 Å². The van der Waals surface area contributed by atoms with Crippen molar-refractivity contribution in [1.29, 1.82) is 0 Å². The lowest BCUT2D eigenvalue weighted by atomic mass is 9.93.